The molecule has 0 aliphatic rings. The lowest BCUT2D eigenvalue weighted by molar-refractivity contribution is 0.395. The van der Waals surface area contributed by atoms with Gasteiger partial charge in [0.05, 0.1) is 25.4 Å². The minimum atomic E-state index is 0.595. The highest BCUT2D eigenvalue weighted by atomic mass is 16.5. The van der Waals surface area contributed by atoms with Crippen LogP contribution in [0.5, 0.6) is 11.5 Å². The van der Waals surface area contributed by atoms with Gasteiger partial charge in [0, 0.05) is 23.2 Å². The second-order valence-electron chi connectivity index (χ2n) is 5.73. The lowest BCUT2D eigenvalue weighted by atomic mass is 10.1. The number of rotatable bonds is 4. The highest BCUT2D eigenvalue weighted by molar-refractivity contribution is 5.79. The van der Waals surface area contributed by atoms with E-state index >= 15 is 0 Å². The molecule has 0 saturated heterocycles. The van der Waals surface area contributed by atoms with E-state index in [0.717, 1.165) is 27.9 Å². The second-order valence-corrected chi connectivity index (χ2v) is 5.73. The van der Waals surface area contributed by atoms with Gasteiger partial charge in [0.15, 0.2) is 5.82 Å². The monoisotopic (exact) mass is 343 g/mol. The van der Waals surface area contributed by atoms with Gasteiger partial charge in [-0.1, -0.05) is 24.3 Å². The molecule has 4 aromatic rings. The van der Waals surface area contributed by atoms with Gasteiger partial charge >= 0.3 is 0 Å². The minimum absolute atomic E-state index is 0.595. The number of hydrogen-bond acceptors (Lipinski definition) is 5. The smallest absolute Gasteiger partial charge is 0.178 e. The molecule has 0 atom stereocenters. The number of para-hydroxylation sites is 1. The molecule has 0 spiro atoms. The number of fused-ring (bicyclic) bond motifs is 1. The Labute approximate surface area is 151 Å². The summed E-state index contributed by atoms with van der Waals surface area (Å²) in [5.74, 6) is 2.03. The summed E-state index contributed by atoms with van der Waals surface area (Å²) in [5.41, 5.74) is 3.28. The standard InChI is InChI=1S/C21H17N3O2/c1-25-15-10-11-16(20(12-15)26-2)18-8-5-9-19(23-18)21-22-13-14-6-3-4-7-17(14)24-21/h3-13H,1-2H3. The second kappa shape index (κ2) is 6.80. The first-order valence-corrected chi connectivity index (χ1v) is 8.20. The number of nitrogens with zero attached hydrogens (tertiary/aromatic N) is 3. The van der Waals surface area contributed by atoms with Crippen LogP contribution in [0.3, 0.4) is 0 Å². The van der Waals surface area contributed by atoms with Crippen LogP contribution in [-0.2, 0) is 0 Å². The highest BCUT2D eigenvalue weighted by Crippen LogP contribution is 2.33. The van der Waals surface area contributed by atoms with Gasteiger partial charge in [-0.3, -0.25) is 0 Å². The molecule has 26 heavy (non-hydrogen) atoms. The van der Waals surface area contributed by atoms with Crippen LogP contribution in [0.1, 0.15) is 0 Å². The maximum Gasteiger partial charge on any atom is 0.178 e. The molecule has 0 N–H and O–H groups in total. The number of ether oxygens (including phenoxy) is 2. The molecule has 0 amide bonds. The number of hydrogen-bond donors (Lipinski definition) is 0. The molecular formula is C21H17N3O2. The van der Waals surface area contributed by atoms with Crippen LogP contribution in [0.2, 0.25) is 0 Å². The van der Waals surface area contributed by atoms with Crippen LogP contribution in [-0.4, -0.2) is 29.2 Å². The Bertz CT molecular complexity index is 1080. The van der Waals surface area contributed by atoms with Crippen molar-refractivity contribution in [2.45, 2.75) is 0 Å². The molecule has 2 aromatic heterocycles. The van der Waals surface area contributed by atoms with E-state index in [2.05, 4.69) is 9.97 Å². The molecule has 2 heterocycles. The van der Waals surface area contributed by atoms with Crippen molar-refractivity contribution in [1.29, 1.82) is 0 Å². The molecule has 2 aromatic carbocycles. The molecule has 0 unspecified atom stereocenters. The summed E-state index contributed by atoms with van der Waals surface area (Å²) in [6, 6.07) is 19.4. The molecule has 0 bridgehead atoms. The van der Waals surface area contributed by atoms with Gasteiger partial charge in [0.2, 0.25) is 0 Å². The van der Waals surface area contributed by atoms with Crippen LogP contribution in [0.4, 0.5) is 0 Å². The summed E-state index contributed by atoms with van der Waals surface area (Å²) in [4.78, 5) is 13.8. The van der Waals surface area contributed by atoms with Crippen molar-refractivity contribution >= 4 is 10.9 Å². The molecule has 0 fully saturated rings. The predicted octanol–water partition coefficient (Wildman–Crippen LogP) is 4.38. The fraction of sp³-hybridized carbons (Fsp3) is 0.0952. The molecule has 5 heteroatoms. The number of methoxy groups -OCH3 is 2. The molecular weight excluding hydrogens is 326 g/mol. The average Bonchev–Trinajstić information content (AvgIpc) is 2.73. The Morgan fingerprint density at radius 2 is 1.62 bits per heavy atom. The van der Waals surface area contributed by atoms with Crippen molar-refractivity contribution in [2.24, 2.45) is 0 Å². The topological polar surface area (TPSA) is 57.1 Å². The largest absolute Gasteiger partial charge is 0.497 e. The van der Waals surface area contributed by atoms with Crippen molar-refractivity contribution < 1.29 is 9.47 Å². The van der Waals surface area contributed by atoms with Gasteiger partial charge in [0.25, 0.3) is 0 Å². The molecule has 0 radical (unpaired) electrons. The third-order valence-corrected chi connectivity index (χ3v) is 4.15. The van der Waals surface area contributed by atoms with Crippen LogP contribution in [0.15, 0.2) is 66.9 Å². The third-order valence-electron chi connectivity index (χ3n) is 4.15. The van der Waals surface area contributed by atoms with Gasteiger partial charge < -0.3 is 9.47 Å². The minimum Gasteiger partial charge on any atom is -0.497 e. The fourth-order valence-corrected chi connectivity index (χ4v) is 2.81. The van der Waals surface area contributed by atoms with E-state index in [4.69, 9.17) is 14.5 Å². The maximum atomic E-state index is 5.49. The summed E-state index contributed by atoms with van der Waals surface area (Å²) in [5, 5.41) is 1.00. The summed E-state index contributed by atoms with van der Waals surface area (Å²) >= 11 is 0. The third kappa shape index (κ3) is 2.95. The van der Waals surface area contributed by atoms with E-state index in [9.17, 15) is 0 Å². The van der Waals surface area contributed by atoms with Gasteiger partial charge in [-0.2, -0.15) is 0 Å². The summed E-state index contributed by atoms with van der Waals surface area (Å²) in [6.07, 6.45) is 1.82. The molecule has 4 rings (SSSR count). The Hall–Kier alpha value is -3.47. The van der Waals surface area contributed by atoms with Gasteiger partial charge in [-0.15, -0.1) is 0 Å². The Morgan fingerprint density at radius 1 is 0.769 bits per heavy atom. The van der Waals surface area contributed by atoms with Crippen molar-refractivity contribution in [1.82, 2.24) is 15.0 Å². The lowest BCUT2D eigenvalue weighted by Gasteiger charge is -2.11. The van der Waals surface area contributed by atoms with Crippen LogP contribution >= 0.6 is 0 Å². The van der Waals surface area contributed by atoms with E-state index in [1.165, 1.54) is 0 Å². The summed E-state index contributed by atoms with van der Waals surface area (Å²) < 4.78 is 10.8. The number of pyridine rings is 1. The van der Waals surface area contributed by atoms with E-state index < -0.39 is 0 Å². The summed E-state index contributed by atoms with van der Waals surface area (Å²) in [6.45, 7) is 0. The quantitative estimate of drug-likeness (QED) is 0.550. The molecule has 0 aliphatic carbocycles. The van der Waals surface area contributed by atoms with Crippen molar-refractivity contribution in [3.63, 3.8) is 0 Å². The zero-order valence-electron chi connectivity index (χ0n) is 14.5. The lowest BCUT2D eigenvalue weighted by Crippen LogP contribution is -1.95. The SMILES string of the molecule is COc1ccc(-c2cccc(-c3ncc4ccccc4n3)n2)c(OC)c1. The van der Waals surface area contributed by atoms with Gasteiger partial charge in [-0.05, 0) is 30.3 Å². The number of aromatic nitrogens is 3. The molecule has 0 saturated carbocycles. The normalized spacial score (nSPS) is 10.7. The predicted molar refractivity (Wildman–Crippen MR) is 101 cm³/mol. The molecule has 128 valence electrons. The van der Waals surface area contributed by atoms with Crippen molar-refractivity contribution in [3.05, 3.63) is 66.9 Å². The van der Waals surface area contributed by atoms with Crippen LogP contribution in [0.25, 0.3) is 33.7 Å². The maximum absolute atomic E-state index is 5.49. The Kier molecular flexibility index (Phi) is 4.19. The first-order valence-electron chi connectivity index (χ1n) is 8.20. The van der Waals surface area contributed by atoms with Gasteiger partial charge in [-0.25, -0.2) is 15.0 Å². The Morgan fingerprint density at radius 3 is 2.46 bits per heavy atom. The zero-order chi connectivity index (χ0) is 17.9. The van der Waals surface area contributed by atoms with E-state index in [0.29, 0.717) is 17.3 Å². The van der Waals surface area contributed by atoms with Crippen LogP contribution < -0.4 is 9.47 Å². The fourth-order valence-electron chi connectivity index (χ4n) is 2.81. The molecule has 5 nitrogen and oxygen atoms in total. The van der Waals surface area contributed by atoms with Crippen LogP contribution in [0, 0.1) is 0 Å². The highest BCUT2D eigenvalue weighted by Gasteiger charge is 2.11. The van der Waals surface area contributed by atoms with Gasteiger partial charge in [0.1, 0.15) is 17.2 Å². The van der Waals surface area contributed by atoms with E-state index in [1.54, 1.807) is 14.2 Å². The average molecular weight is 343 g/mol. The van der Waals surface area contributed by atoms with Crippen molar-refractivity contribution in [3.8, 4) is 34.3 Å². The number of benzene rings is 2. The first kappa shape index (κ1) is 16.0. The zero-order valence-corrected chi connectivity index (χ0v) is 14.5. The molecule has 0 aliphatic heterocycles. The Balaban J connectivity index is 1.79. The summed E-state index contributed by atoms with van der Waals surface area (Å²) in [7, 11) is 3.26. The van der Waals surface area contributed by atoms with E-state index in [-0.39, 0.29) is 0 Å². The van der Waals surface area contributed by atoms with E-state index in [1.807, 2.05) is 66.9 Å². The first-order chi connectivity index (χ1) is 12.8. The van der Waals surface area contributed by atoms with Crippen molar-refractivity contribution in [2.75, 3.05) is 14.2 Å².